The average molecular weight is 931 g/mol. The van der Waals surface area contributed by atoms with Crippen molar-refractivity contribution in [2.45, 2.75) is 124 Å². The van der Waals surface area contributed by atoms with Gasteiger partial charge in [0.1, 0.15) is 34.7 Å². The van der Waals surface area contributed by atoms with Gasteiger partial charge in [-0.15, -0.1) is 15.0 Å². The zero-order chi connectivity index (χ0) is 49.8. The largest absolute Gasteiger partial charge is 0.424 e. The first-order valence-corrected chi connectivity index (χ1v) is 24.2. The summed E-state index contributed by atoms with van der Waals surface area (Å²) >= 11 is 0. The maximum Gasteiger partial charge on any atom is 0.331 e. The highest BCUT2D eigenvalue weighted by atomic mass is 16.5. The highest BCUT2D eigenvalue weighted by Crippen LogP contribution is 2.32. The Hall–Kier alpha value is -7.26. The third-order valence-electron chi connectivity index (χ3n) is 12.3. The Morgan fingerprint density at radius 1 is 0.271 bits per heavy atom. The molecule has 70 heavy (non-hydrogen) atoms. The van der Waals surface area contributed by atoms with Crippen molar-refractivity contribution in [2.75, 3.05) is 0 Å². The van der Waals surface area contributed by atoms with Crippen molar-refractivity contribution < 1.29 is 14.2 Å². The molecule has 0 aliphatic carbocycles. The van der Waals surface area contributed by atoms with Crippen molar-refractivity contribution in [3.05, 3.63) is 202 Å². The fraction of sp³-hybridized carbons (Fsp3) is 0.311. The van der Waals surface area contributed by atoms with Gasteiger partial charge in [0.05, 0.1) is 0 Å². The first-order valence-electron chi connectivity index (χ1n) is 24.2. The Bertz CT molecular complexity index is 2650. The molecular weight excluding hydrogens is 865 g/mol. The topological polar surface area (TPSA) is 105 Å². The van der Waals surface area contributed by atoms with E-state index in [2.05, 4.69) is 171 Å². The van der Waals surface area contributed by atoms with Crippen molar-refractivity contribution in [3.8, 4) is 46.4 Å². The van der Waals surface area contributed by atoms with Gasteiger partial charge in [-0.2, -0.15) is 0 Å². The van der Waals surface area contributed by atoms with E-state index < -0.39 is 0 Å². The van der Waals surface area contributed by atoms with E-state index in [1.807, 2.05) is 72.8 Å². The van der Waals surface area contributed by atoms with E-state index in [0.717, 1.165) is 34.2 Å². The molecular formula is C61H66N6O3. The lowest BCUT2D eigenvalue weighted by molar-refractivity contribution is 0.362. The van der Waals surface area contributed by atoms with Crippen molar-refractivity contribution >= 4 is 0 Å². The summed E-state index contributed by atoms with van der Waals surface area (Å²) in [7, 11) is 0. The van der Waals surface area contributed by atoms with Gasteiger partial charge in [-0.25, -0.2) is 15.0 Å². The Kier molecular flexibility index (Phi) is 14.0. The van der Waals surface area contributed by atoms with Crippen molar-refractivity contribution in [3.63, 3.8) is 0 Å². The summed E-state index contributed by atoms with van der Waals surface area (Å²) in [6.45, 7) is 26.4. The van der Waals surface area contributed by atoms with Gasteiger partial charge >= 0.3 is 18.0 Å². The van der Waals surface area contributed by atoms with Gasteiger partial charge in [-0.3, -0.25) is 0 Å². The molecule has 0 N–H and O–H groups in total. The lowest BCUT2D eigenvalue weighted by Gasteiger charge is -2.19. The fourth-order valence-corrected chi connectivity index (χ4v) is 7.90. The molecule has 0 bridgehead atoms. The normalized spacial score (nSPS) is 12.2. The molecule has 2 aromatic heterocycles. The predicted molar refractivity (Wildman–Crippen MR) is 281 cm³/mol. The Morgan fingerprint density at radius 3 is 0.743 bits per heavy atom. The van der Waals surface area contributed by atoms with Crippen LogP contribution in [0, 0.1) is 0 Å². The molecule has 6 aromatic carbocycles. The number of hydrogen-bond acceptors (Lipinski definition) is 9. The molecule has 0 saturated carbocycles. The van der Waals surface area contributed by atoms with Gasteiger partial charge in [0.15, 0.2) is 0 Å². The fourth-order valence-electron chi connectivity index (χ4n) is 7.90. The summed E-state index contributed by atoms with van der Waals surface area (Å²) < 4.78 is 18.5. The minimum absolute atomic E-state index is 0.00225. The molecule has 2 heterocycles. The summed E-state index contributed by atoms with van der Waals surface area (Å²) in [6, 6.07) is 49.9. The first-order chi connectivity index (χ1) is 33.1. The van der Waals surface area contributed by atoms with Crippen LogP contribution in [0.15, 0.2) is 146 Å². The maximum absolute atomic E-state index is 6.23. The van der Waals surface area contributed by atoms with E-state index in [1.165, 1.54) is 33.4 Å². The minimum Gasteiger partial charge on any atom is -0.424 e. The first kappa shape index (κ1) is 49.2. The average Bonchev–Trinajstić information content (AvgIpc) is 3.29. The van der Waals surface area contributed by atoms with Crippen LogP contribution in [0.3, 0.4) is 0 Å². The zero-order valence-electron chi connectivity index (χ0n) is 42.9. The number of nitrogens with zero attached hydrogens (tertiary/aromatic N) is 6. The maximum atomic E-state index is 6.23. The van der Waals surface area contributed by atoms with E-state index in [0.29, 0.717) is 36.5 Å². The predicted octanol–water partition coefficient (Wildman–Crippen LogP) is 15.1. The number of rotatable bonds is 13. The van der Waals surface area contributed by atoms with E-state index in [4.69, 9.17) is 29.2 Å². The highest BCUT2D eigenvalue weighted by Gasteiger charge is 2.19. The summed E-state index contributed by atoms with van der Waals surface area (Å²) in [4.78, 5) is 28.6. The van der Waals surface area contributed by atoms with E-state index in [1.54, 1.807) is 0 Å². The van der Waals surface area contributed by atoms with Gasteiger partial charge < -0.3 is 14.2 Å². The molecule has 0 amide bonds. The van der Waals surface area contributed by atoms with Crippen molar-refractivity contribution in [1.82, 2.24) is 29.9 Å². The lowest BCUT2D eigenvalue weighted by atomic mass is 9.86. The van der Waals surface area contributed by atoms with Crippen LogP contribution in [-0.2, 0) is 40.9 Å². The highest BCUT2D eigenvalue weighted by molar-refractivity contribution is 5.64. The molecule has 0 atom stereocenters. The molecule has 9 nitrogen and oxygen atoms in total. The Labute approximate surface area is 414 Å². The molecule has 0 aliphatic rings. The zero-order valence-corrected chi connectivity index (χ0v) is 42.9. The molecule has 0 aliphatic heterocycles. The van der Waals surface area contributed by atoms with Crippen molar-refractivity contribution in [1.29, 1.82) is 0 Å². The second-order valence-corrected chi connectivity index (χ2v) is 22.3. The lowest BCUT2D eigenvalue weighted by Crippen LogP contribution is -2.12. The van der Waals surface area contributed by atoms with E-state index >= 15 is 0 Å². The molecule has 8 aromatic rings. The molecule has 0 spiro atoms. The smallest absolute Gasteiger partial charge is 0.331 e. The van der Waals surface area contributed by atoms with Crippen LogP contribution in [0.5, 0.6) is 35.3 Å². The van der Waals surface area contributed by atoms with Crippen LogP contribution in [0.1, 0.15) is 140 Å². The summed E-state index contributed by atoms with van der Waals surface area (Å²) in [5.74, 6) is 4.01. The number of aromatic nitrogens is 6. The molecule has 9 heteroatoms. The van der Waals surface area contributed by atoms with Crippen LogP contribution in [0.2, 0.25) is 0 Å². The monoisotopic (exact) mass is 931 g/mol. The summed E-state index contributed by atoms with van der Waals surface area (Å²) in [5, 5.41) is 0. The molecule has 8 rings (SSSR count). The summed E-state index contributed by atoms with van der Waals surface area (Å²) in [6.07, 6.45) is 1.84. The van der Waals surface area contributed by atoms with Crippen LogP contribution in [-0.4, -0.2) is 29.9 Å². The summed E-state index contributed by atoms with van der Waals surface area (Å²) in [5.41, 5.74) is 10.7. The van der Waals surface area contributed by atoms with Crippen molar-refractivity contribution in [2.24, 2.45) is 0 Å². The van der Waals surface area contributed by atoms with Crippen LogP contribution in [0.4, 0.5) is 0 Å². The van der Waals surface area contributed by atoms with E-state index in [9.17, 15) is 0 Å². The SMILES string of the molecule is CC(C)(C)c1ccc(Cc2nc(Cc3ccc(-c4ccc(Oc5nc(Oc6ccc(C(C)(C)C)cc6)nc(Oc6ccc(C(C)(C)C)cc6)n5)cc4)cc3)nc(Cc3ccc(C(C)(C)C)cc3)n2)cc1. The Morgan fingerprint density at radius 2 is 0.486 bits per heavy atom. The standard InChI is InChI=1S/C61H66N6O3/c1-58(2,3)45-23-15-41(16-24-45)38-53-62-52(63-54(64-53)39-42-17-25-46(26-18-42)59(4,5)6)37-40-13-19-43(20-14-40)44-21-31-49(32-22-44)68-55-65-56(69-50-33-27-47(28-34-50)60(7,8)9)67-57(66-55)70-51-35-29-48(30-36-51)61(10,11)12/h13-36H,37-39H2,1-12H3. The van der Waals surface area contributed by atoms with Crippen LogP contribution >= 0.6 is 0 Å². The molecule has 0 saturated heterocycles. The molecule has 0 fully saturated rings. The van der Waals surface area contributed by atoms with E-state index in [-0.39, 0.29) is 39.7 Å². The molecule has 0 radical (unpaired) electrons. The molecule has 358 valence electrons. The second-order valence-electron chi connectivity index (χ2n) is 22.3. The minimum atomic E-state index is 0.00225. The van der Waals surface area contributed by atoms with Gasteiger partial charge in [0, 0.05) is 19.3 Å². The quantitative estimate of drug-likeness (QED) is 0.112. The van der Waals surface area contributed by atoms with Crippen LogP contribution in [0.25, 0.3) is 11.1 Å². The van der Waals surface area contributed by atoms with Gasteiger partial charge in [0.2, 0.25) is 0 Å². The molecule has 0 unspecified atom stereocenters. The Balaban J connectivity index is 0.988. The third-order valence-corrected chi connectivity index (χ3v) is 12.3. The number of ether oxygens (including phenoxy) is 3. The number of hydrogen-bond donors (Lipinski definition) is 0. The van der Waals surface area contributed by atoms with Gasteiger partial charge in [-0.05, 0) is 108 Å². The number of benzene rings is 6. The second kappa shape index (κ2) is 20.0. The van der Waals surface area contributed by atoms with Crippen LogP contribution < -0.4 is 14.2 Å². The van der Waals surface area contributed by atoms with Gasteiger partial charge in [-0.1, -0.05) is 192 Å². The third kappa shape index (κ3) is 13.1. The van der Waals surface area contributed by atoms with Gasteiger partial charge in [0.25, 0.3) is 0 Å².